The molecule has 0 aliphatic carbocycles. The van der Waals surface area contributed by atoms with Crippen LogP contribution < -0.4 is 0 Å². The van der Waals surface area contributed by atoms with Crippen LogP contribution in [0.4, 0.5) is 0 Å². The zero-order valence-electron chi connectivity index (χ0n) is 10.5. The van der Waals surface area contributed by atoms with E-state index in [0.717, 1.165) is 26.4 Å². The van der Waals surface area contributed by atoms with E-state index in [1.54, 1.807) is 12.1 Å². The van der Waals surface area contributed by atoms with Gasteiger partial charge in [-0.2, -0.15) is 0 Å². The second-order valence-corrected chi connectivity index (χ2v) is 5.50. The van der Waals surface area contributed by atoms with Crippen LogP contribution in [0.15, 0.2) is 65.1 Å². The third-order valence-electron chi connectivity index (χ3n) is 3.26. The molecule has 0 heterocycles. The van der Waals surface area contributed by atoms with Crippen molar-refractivity contribution in [2.24, 2.45) is 0 Å². The van der Waals surface area contributed by atoms with Crippen molar-refractivity contribution in [2.75, 3.05) is 0 Å². The summed E-state index contributed by atoms with van der Waals surface area (Å²) in [5.74, 6) is -0.899. The molecule has 0 radical (unpaired) electrons. The Morgan fingerprint density at radius 1 is 0.800 bits per heavy atom. The van der Waals surface area contributed by atoms with Gasteiger partial charge in [-0.1, -0.05) is 46.3 Å². The van der Waals surface area contributed by atoms with Crippen LogP contribution in [0.25, 0.3) is 21.9 Å². The summed E-state index contributed by atoms with van der Waals surface area (Å²) in [5.41, 5.74) is 2.57. The molecule has 0 spiro atoms. The molecule has 0 atom stereocenters. The van der Waals surface area contributed by atoms with Crippen molar-refractivity contribution in [3.63, 3.8) is 0 Å². The number of carboxylic acid groups (broad SMARTS) is 1. The Kier molecular flexibility index (Phi) is 3.28. The lowest BCUT2D eigenvalue weighted by Gasteiger charge is -2.05. The molecule has 3 heteroatoms. The number of rotatable bonds is 2. The number of aromatic carboxylic acids is 1. The van der Waals surface area contributed by atoms with Gasteiger partial charge in [-0.05, 0) is 52.2 Å². The number of carboxylic acids is 1. The highest BCUT2D eigenvalue weighted by Gasteiger charge is 2.05. The summed E-state index contributed by atoms with van der Waals surface area (Å²) < 4.78 is 1.05. The van der Waals surface area contributed by atoms with Crippen LogP contribution in [0.1, 0.15) is 10.4 Å². The lowest BCUT2D eigenvalue weighted by molar-refractivity contribution is 0.0697. The Bertz CT molecular complexity index is 792. The van der Waals surface area contributed by atoms with Gasteiger partial charge in [0.1, 0.15) is 0 Å². The van der Waals surface area contributed by atoms with Gasteiger partial charge in [0, 0.05) is 4.47 Å². The predicted molar refractivity (Wildman–Crippen MR) is 84.0 cm³/mol. The van der Waals surface area contributed by atoms with Gasteiger partial charge in [-0.15, -0.1) is 0 Å². The van der Waals surface area contributed by atoms with Crippen molar-refractivity contribution in [1.82, 2.24) is 0 Å². The molecule has 1 N–H and O–H groups in total. The monoisotopic (exact) mass is 326 g/mol. The average molecular weight is 327 g/mol. The maximum Gasteiger partial charge on any atom is 0.335 e. The molecule has 0 fully saturated rings. The second kappa shape index (κ2) is 5.10. The van der Waals surface area contributed by atoms with Crippen LogP contribution in [0.2, 0.25) is 0 Å². The molecule has 3 rings (SSSR count). The molecule has 2 nitrogen and oxygen atoms in total. The summed E-state index contributed by atoms with van der Waals surface area (Å²) >= 11 is 3.42. The molecule has 0 aliphatic heterocycles. The number of carbonyl (C=O) groups is 1. The van der Waals surface area contributed by atoms with Gasteiger partial charge >= 0.3 is 5.97 Å². The number of hydrogen-bond donors (Lipinski definition) is 1. The molecule has 0 bridgehead atoms. The quantitative estimate of drug-likeness (QED) is 0.722. The fraction of sp³-hybridized carbons (Fsp3) is 0. The summed E-state index contributed by atoms with van der Waals surface area (Å²) in [6.45, 7) is 0. The van der Waals surface area contributed by atoms with Gasteiger partial charge in [0.05, 0.1) is 5.56 Å². The lowest BCUT2D eigenvalue weighted by atomic mass is 10.00. The third-order valence-corrected chi connectivity index (χ3v) is 3.79. The van der Waals surface area contributed by atoms with Crippen molar-refractivity contribution in [3.8, 4) is 11.1 Å². The van der Waals surface area contributed by atoms with Crippen LogP contribution in [-0.2, 0) is 0 Å². The highest BCUT2D eigenvalue weighted by Crippen LogP contribution is 2.26. The molecule has 0 saturated carbocycles. The molecule has 0 unspecified atom stereocenters. The fourth-order valence-corrected chi connectivity index (χ4v) is 2.47. The Morgan fingerprint density at radius 2 is 1.40 bits per heavy atom. The van der Waals surface area contributed by atoms with Gasteiger partial charge in [-0.25, -0.2) is 4.79 Å². The Labute approximate surface area is 124 Å². The molecule has 0 amide bonds. The SMILES string of the molecule is O=C(O)c1ccc2cc(-c3ccc(Br)cc3)ccc2c1. The number of benzene rings is 3. The van der Waals surface area contributed by atoms with Gasteiger partial charge in [-0.3, -0.25) is 0 Å². The van der Waals surface area contributed by atoms with Gasteiger partial charge in [0.2, 0.25) is 0 Å². The van der Waals surface area contributed by atoms with Crippen molar-refractivity contribution < 1.29 is 9.90 Å². The highest BCUT2D eigenvalue weighted by atomic mass is 79.9. The minimum atomic E-state index is -0.899. The first kappa shape index (κ1) is 12.9. The average Bonchev–Trinajstić information content (AvgIpc) is 2.47. The summed E-state index contributed by atoms with van der Waals surface area (Å²) in [4.78, 5) is 11.0. The Morgan fingerprint density at radius 3 is 2.10 bits per heavy atom. The summed E-state index contributed by atoms with van der Waals surface area (Å²) in [6, 6.07) is 19.3. The van der Waals surface area contributed by atoms with Gasteiger partial charge in [0.15, 0.2) is 0 Å². The van der Waals surface area contributed by atoms with E-state index in [-0.39, 0.29) is 0 Å². The van der Waals surface area contributed by atoms with Crippen LogP contribution in [0.5, 0.6) is 0 Å². The second-order valence-electron chi connectivity index (χ2n) is 4.59. The van der Waals surface area contributed by atoms with Crippen molar-refractivity contribution >= 4 is 32.7 Å². The van der Waals surface area contributed by atoms with E-state index in [4.69, 9.17) is 5.11 Å². The van der Waals surface area contributed by atoms with Gasteiger partial charge in [0.25, 0.3) is 0 Å². The molecular formula is C17H11BrO2. The minimum Gasteiger partial charge on any atom is -0.478 e. The Balaban J connectivity index is 2.09. The largest absolute Gasteiger partial charge is 0.478 e. The molecular weight excluding hydrogens is 316 g/mol. The third kappa shape index (κ3) is 2.45. The van der Waals surface area contributed by atoms with Crippen molar-refractivity contribution in [2.45, 2.75) is 0 Å². The predicted octanol–water partition coefficient (Wildman–Crippen LogP) is 4.97. The first-order valence-electron chi connectivity index (χ1n) is 6.16. The molecule has 0 aromatic heterocycles. The molecule has 98 valence electrons. The number of halogens is 1. The molecule has 3 aromatic carbocycles. The number of hydrogen-bond acceptors (Lipinski definition) is 1. The van der Waals surface area contributed by atoms with Crippen LogP contribution in [0, 0.1) is 0 Å². The zero-order chi connectivity index (χ0) is 14.1. The van der Waals surface area contributed by atoms with Crippen molar-refractivity contribution in [1.29, 1.82) is 0 Å². The maximum atomic E-state index is 11.0. The van der Waals surface area contributed by atoms with Crippen LogP contribution in [0.3, 0.4) is 0 Å². The molecule has 20 heavy (non-hydrogen) atoms. The topological polar surface area (TPSA) is 37.3 Å². The molecule has 0 saturated heterocycles. The summed E-state index contributed by atoms with van der Waals surface area (Å²) in [7, 11) is 0. The van der Waals surface area contributed by atoms with E-state index in [9.17, 15) is 4.79 Å². The summed E-state index contributed by atoms with van der Waals surface area (Å²) in [6.07, 6.45) is 0. The van der Waals surface area contributed by atoms with E-state index in [2.05, 4.69) is 34.1 Å². The first-order chi connectivity index (χ1) is 9.63. The molecule has 3 aromatic rings. The van der Waals surface area contributed by atoms with Gasteiger partial charge < -0.3 is 5.11 Å². The molecule has 0 aliphatic rings. The maximum absolute atomic E-state index is 11.0. The van der Waals surface area contributed by atoms with Crippen molar-refractivity contribution in [3.05, 3.63) is 70.7 Å². The fourth-order valence-electron chi connectivity index (χ4n) is 2.20. The van der Waals surface area contributed by atoms with E-state index >= 15 is 0 Å². The standard InChI is InChI=1S/C17H11BrO2/c18-16-7-5-11(6-8-16)12-1-2-14-10-15(17(19)20)4-3-13(14)9-12/h1-10H,(H,19,20). The Hall–Kier alpha value is -2.13. The van der Waals surface area contributed by atoms with Crippen LogP contribution >= 0.6 is 15.9 Å². The van der Waals surface area contributed by atoms with E-state index in [1.165, 1.54) is 0 Å². The zero-order valence-corrected chi connectivity index (χ0v) is 12.1. The highest BCUT2D eigenvalue weighted by molar-refractivity contribution is 9.10. The normalized spacial score (nSPS) is 10.7. The van der Waals surface area contributed by atoms with Crippen LogP contribution in [-0.4, -0.2) is 11.1 Å². The minimum absolute atomic E-state index is 0.314. The van der Waals surface area contributed by atoms with E-state index < -0.39 is 5.97 Å². The first-order valence-corrected chi connectivity index (χ1v) is 6.96. The van der Waals surface area contributed by atoms with E-state index in [1.807, 2.05) is 30.3 Å². The number of fused-ring (bicyclic) bond motifs is 1. The lowest BCUT2D eigenvalue weighted by Crippen LogP contribution is -1.95. The summed E-state index contributed by atoms with van der Waals surface area (Å²) in [5, 5.41) is 11.0. The smallest absolute Gasteiger partial charge is 0.335 e. The van der Waals surface area contributed by atoms with E-state index in [0.29, 0.717) is 5.56 Å².